The minimum Gasteiger partial charge on any atom is -0.473 e. The number of hydrogen-bond donors (Lipinski definition) is 1. The highest BCUT2D eigenvalue weighted by Crippen LogP contribution is 2.36. The summed E-state index contributed by atoms with van der Waals surface area (Å²) in [6.45, 7) is 8.61. The summed E-state index contributed by atoms with van der Waals surface area (Å²) < 4.78 is 5.94. The molecule has 20 heavy (non-hydrogen) atoms. The van der Waals surface area contributed by atoms with Gasteiger partial charge in [-0.3, -0.25) is 0 Å². The summed E-state index contributed by atoms with van der Waals surface area (Å²) in [6.07, 6.45) is 6.13. The number of nitrogens with zero attached hydrogens (tertiary/aromatic N) is 2. The SMILES string of the molecule is CCCNCc1ccc(OC2CCC(C)(C)CC2)nn1. The minimum absolute atomic E-state index is 0.307. The number of hydrogen-bond acceptors (Lipinski definition) is 4. The molecule has 0 aromatic carbocycles. The smallest absolute Gasteiger partial charge is 0.233 e. The second-order valence-electron chi connectivity index (χ2n) is 6.52. The van der Waals surface area contributed by atoms with Gasteiger partial charge in [0.2, 0.25) is 5.88 Å². The average Bonchev–Trinajstić information content (AvgIpc) is 2.43. The Morgan fingerprint density at radius 2 is 2.00 bits per heavy atom. The van der Waals surface area contributed by atoms with E-state index in [1.165, 1.54) is 12.8 Å². The van der Waals surface area contributed by atoms with Crippen LogP contribution in [0, 0.1) is 5.41 Å². The van der Waals surface area contributed by atoms with Gasteiger partial charge in [0, 0.05) is 12.6 Å². The van der Waals surface area contributed by atoms with Crippen molar-refractivity contribution >= 4 is 0 Å². The van der Waals surface area contributed by atoms with Crippen molar-refractivity contribution in [3.63, 3.8) is 0 Å². The van der Waals surface area contributed by atoms with Crippen LogP contribution in [0.3, 0.4) is 0 Å². The highest BCUT2D eigenvalue weighted by molar-refractivity contribution is 5.12. The lowest BCUT2D eigenvalue weighted by atomic mass is 9.76. The van der Waals surface area contributed by atoms with Crippen LogP contribution in [0.4, 0.5) is 0 Å². The summed E-state index contributed by atoms with van der Waals surface area (Å²) in [4.78, 5) is 0. The lowest BCUT2D eigenvalue weighted by Gasteiger charge is -2.33. The van der Waals surface area contributed by atoms with Gasteiger partial charge in [0.05, 0.1) is 5.69 Å². The fourth-order valence-corrected chi connectivity index (χ4v) is 2.56. The first-order valence-electron chi connectivity index (χ1n) is 7.79. The van der Waals surface area contributed by atoms with E-state index in [0.717, 1.165) is 38.0 Å². The van der Waals surface area contributed by atoms with Gasteiger partial charge in [-0.25, -0.2) is 0 Å². The third-order valence-corrected chi connectivity index (χ3v) is 4.00. The third kappa shape index (κ3) is 4.75. The highest BCUT2D eigenvalue weighted by atomic mass is 16.5. The van der Waals surface area contributed by atoms with E-state index >= 15 is 0 Å². The van der Waals surface area contributed by atoms with Gasteiger partial charge in [-0.1, -0.05) is 20.8 Å². The van der Waals surface area contributed by atoms with E-state index in [9.17, 15) is 0 Å². The predicted octanol–water partition coefficient (Wildman–Crippen LogP) is 3.32. The van der Waals surface area contributed by atoms with E-state index in [2.05, 4.69) is 36.3 Å². The highest BCUT2D eigenvalue weighted by Gasteiger charge is 2.27. The van der Waals surface area contributed by atoms with E-state index in [4.69, 9.17) is 4.74 Å². The lowest BCUT2D eigenvalue weighted by molar-refractivity contribution is 0.0939. The van der Waals surface area contributed by atoms with E-state index in [-0.39, 0.29) is 0 Å². The Hall–Kier alpha value is -1.16. The Labute approximate surface area is 122 Å². The number of aromatic nitrogens is 2. The van der Waals surface area contributed by atoms with Gasteiger partial charge in [-0.15, -0.1) is 5.10 Å². The molecule has 1 saturated carbocycles. The molecular weight excluding hydrogens is 250 g/mol. The maximum Gasteiger partial charge on any atom is 0.233 e. The molecule has 0 amide bonds. The monoisotopic (exact) mass is 277 g/mol. The van der Waals surface area contributed by atoms with Gasteiger partial charge in [0.1, 0.15) is 6.10 Å². The molecule has 1 heterocycles. The first-order valence-corrected chi connectivity index (χ1v) is 7.79. The van der Waals surface area contributed by atoms with Crippen LogP contribution in [0.5, 0.6) is 5.88 Å². The zero-order valence-corrected chi connectivity index (χ0v) is 13.0. The second-order valence-corrected chi connectivity index (χ2v) is 6.52. The first kappa shape index (κ1) is 15.2. The van der Waals surface area contributed by atoms with Crippen molar-refractivity contribution in [3.8, 4) is 5.88 Å². The largest absolute Gasteiger partial charge is 0.473 e. The van der Waals surface area contributed by atoms with Crippen molar-refractivity contribution in [2.75, 3.05) is 6.54 Å². The molecule has 112 valence electrons. The summed E-state index contributed by atoms with van der Waals surface area (Å²) in [6, 6.07) is 3.94. The van der Waals surface area contributed by atoms with Gasteiger partial charge < -0.3 is 10.1 Å². The molecule has 4 nitrogen and oxygen atoms in total. The molecule has 1 aromatic rings. The van der Waals surface area contributed by atoms with Crippen LogP contribution in [0.2, 0.25) is 0 Å². The molecule has 0 radical (unpaired) electrons. The molecule has 4 heteroatoms. The van der Waals surface area contributed by atoms with Crippen LogP contribution in [0.15, 0.2) is 12.1 Å². The summed E-state index contributed by atoms with van der Waals surface area (Å²) in [5.74, 6) is 0.661. The van der Waals surface area contributed by atoms with Crippen molar-refractivity contribution in [1.82, 2.24) is 15.5 Å². The van der Waals surface area contributed by atoms with Crippen LogP contribution >= 0.6 is 0 Å². The van der Waals surface area contributed by atoms with E-state index in [1.54, 1.807) is 0 Å². The molecule has 0 aliphatic heterocycles. The van der Waals surface area contributed by atoms with E-state index < -0.39 is 0 Å². The molecule has 1 aliphatic carbocycles. The van der Waals surface area contributed by atoms with Crippen LogP contribution in [-0.4, -0.2) is 22.8 Å². The molecule has 0 atom stereocenters. The predicted molar refractivity (Wildman–Crippen MR) is 80.7 cm³/mol. The van der Waals surface area contributed by atoms with Crippen LogP contribution in [-0.2, 0) is 6.54 Å². The number of rotatable bonds is 6. The Bertz CT molecular complexity index is 393. The van der Waals surface area contributed by atoms with E-state index in [0.29, 0.717) is 17.4 Å². The molecule has 1 aromatic heterocycles. The third-order valence-electron chi connectivity index (χ3n) is 4.00. The Morgan fingerprint density at radius 3 is 2.60 bits per heavy atom. The number of nitrogens with one attached hydrogen (secondary N) is 1. The van der Waals surface area contributed by atoms with Crippen molar-refractivity contribution in [1.29, 1.82) is 0 Å². The average molecular weight is 277 g/mol. The lowest BCUT2D eigenvalue weighted by Crippen LogP contribution is -2.28. The van der Waals surface area contributed by atoms with Gasteiger partial charge >= 0.3 is 0 Å². The zero-order valence-electron chi connectivity index (χ0n) is 13.0. The molecule has 1 aliphatic rings. The second kappa shape index (κ2) is 7.02. The van der Waals surface area contributed by atoms with Gasteiger partial charge in [-0.05, 0) is 50.1 Å². The van der Waals surface area contributed by atoms with Crippen molar-refractivity contribution < 1.29 is 4.74 Å². The van der Waals surface area contributed by atoms with Crippen molar-refractivity contribution in [2.45, 2.75) is 65.5 Å². The zero-order chi connectivity index (χ0) is 14.4. The standard InChI is InChI=1S/C16H27N3O/c1-4-11-17-12-13-5-6-15(19-18-13)20-14-7-9-16(2,3)10-8-14/h5-6,14,17H,4,7-12H2,1-3H3. The summed E-state index contributed by atoms with van der Waals surface area (Å²) in [5.41, 5.74) is 1.44. The van der Waals surface area contributed by atoms with Crippen LogP contribution < -0.4 is 10.1 Å². The van der Waals surface area contributed by atoms with Gasteiger partial charge in [0.25, 0.3) is 0 Å². The maximum absolute atomic E-state index is 5.94. The maximum atomic E-state index is 5.94. The fraction of sp³-hybridized carbons (Fsp3) is 0.750. The molecular formula is C16H27N3O. The summed E-state index contributed by atoms with van der Waals surface area (Å²) in [7, 11) is 0. The molecule has 0 saturated heterocycles. The topological polar surface area (TPSA) is 47.0 Å². The van der Waals surface area contributed by atoms with Crippen LogP contribution in [0.25, 0.3) is 0 Å². The quantitative estimate of drug-likeness (QED) is 0.810. The molecule has 1 N–H and O–H groups in total. The first-order chi connectivity index (χ1) is 9.59. The number of ether oxygens (including phenoxy) is 1. The fourth-order valence-electron chi connectivity index (χ4n) is 2.56. The minimum atomic E-state index is 0.307. The molecule has 0 bridgehead atoms. The Kier molecular flexibility index (Phi) is 5.35. The van der Waals surface area contributed by atoms with Crippen molar-refractivity contribution in [3.05, 3.63) is 17.8 Å². The van der Waals surface area contributed by atoms with E-state index in [1.807, 2.05) is 12.1 Å². The normalized spacial score (nSPS) is 18.9. The van der Waals surface area contributed by atoms with Crippen molar-refractivity contribution in [2.24, 2.45) is 5.41 Å². The summed E-state index contributed by atoms with van der Waals surface area (Å²) in [5, 5.41) is 11.7. The summed E-state index contributed by atoms with van der Waals surface area (Å²) >= 11 is 0. The molecule has 0 unspecified atom stereocenters. The molecule has 1 fully saturated rings. The Morgan fingerprint density at radius 1 is 1.25 bits per heavy atom. The Balaban J connectivity index is 1.79. The van der Waals surface area contributed by atoms with Gasteiger partial charge in [0.15, 0.2) is 0 Å². The van der Waals surface area contributed by atoms with Crippen LogP contribution in [0.1, 0.15) is 58.6 Å². The van der Waals surface area contributed by atoms with Gasteiger partial charge in [-0.2, -0.15) is 5.10 Å². The molecule has 0 spiro atoms. The molecule has 2 rings (SSSR count).